The molecule has 23 heavy (non-hydrogen) atoms. The number of benzene rings is 1. The number of rotatable bonds is 8. The van der Waals surface area contributed by atoms with Gasteiger partial charge in [0.25, 0.3) is 0 Å². The number of nitrogen functional groups attached to an aromatic ring is 1. The molecular weight excluding hydrogens is 288 g/mol. The van der Waals surface area contributed by atoms with Crippen molar-refractivity contribution in [1.29, 1.82) is 0 Å². The molecule has 1 heterocycles. The molecule has 0 spiro atoms. The smallest absolute Gasteiger partial charge is 0.166 e. The average Bonchev–Trinajstić information content (AvgIpc) is 2.58. The van der Waals surface area contributed by atoms with Crippen LogP contribution in [-0.4, -0.2) is 37.4 Å². The second-order valence-corrected chi connectivity index (χ2v) is 6.56. The summed E-state index contributed by atoms with van der Waals surface area (Å²) in [6, 6.07) is 5.27. The highest BCUT2D eigenvalue weighted by Crippen LogP contribution is 2.26. The summed E-state index contributed by atoms with van der Waals surface area (Å²) in [6.07, 6.45) is 6.57. The molecule has 0 bridgehead atoms. The van der Waals surface area contributed by atoms with Crippen molar-refractivity contribution < 1.29 is 9.53 Å². The Kier molecular flexibility index (Phi) is 6.90. The molecule has 4 nitrogen and oxygen atoms in total. The molecule has 1 aliphatic heterocycles. The zero-order valence-electron chi connectivity index (χ0n) is 14.5. The second-order valence-electron chi connectivity index (χ2n) is 6.56. The van der Waals surface area contributed by atoms with Gasteiger partial charge in [0.05, 0.1) is 12.7 Å². The van der Waals surface area contributed by atoms with E-state index < -0.39 is 0 Å². The summed E-state index contributed by atoms with van der Waals surface area (Å²) in [5, 5.41) is 0. The van der Waals surface area contributed by atoms with E-state index in [0.29, 0.717) is 29.3 Å². The molecule has 1 saturated heterocycles. The minimum absolute atomic E-state index is 0.162. The van der Waals surface area contributed by atoms with Crippen LogP contribution >= 0.6 is 0 Å². The van der Waals surface area contributed by atoms with Gasteiger partial charge in [0.1, 0.15) is 5.75 Å². The van der Waals surface area contributed by atoms with Crippen molar-refractivity contribution in [2.24, 2.45) is 5.92 Å². The first kappa shape index (κ1) is 17.8. The summed E-state index contributed by atoms with van der Waals surface area (Å²) >= 11 is 0. The first-order valence-corrected chi connectivity index (χ1v) is 8.83. The Morgan fingerprint density at radius 2 is 2.09 bits per heavy atom. The fraction of sp³-hybridized carbons (Fsp3) is 0.632. The number of nitrogens with zero attached hydrogens (tertiary/aromatic N) is 1. The van der Waals surface area contributed by atoms with Crippen molar-refractivity contribution >= 4 is 11.5 Å². The topological polar surface area (TPSA) is 55.6 Å². The number of hydrogen-bond donors (Lipinski definition) is 1. The molecular formula is C19H30N2O2. The zero-order valence-corrected chi connectivity index (χ0v) is 14.5. The van der Waals surface area contributed by atoms with Crippen LogP contribution in [0.2, 0.25) is 0 Å². The van der Waals surface area contributed by atoms with Crippen LogP contribution < -0.4 is 10.5 Å². The van der Waals surface area contributed by atoms with E-state index in [4.69, 9.17) is 10.5 Å². The van der Waals surface area contributed by atoms with Crippen LogP contribution in [0.3, 0.4) is 0 Å². The van der Waals surface area contributed by atoms with E-state index in [1.807, 2.05) is 0 Å². The number of unbranched alkanes of at least 4 members (excludes halogenated alkanes) is 1. The number of methoxy groups -OCH3 is 1. The molecule has 0 aliphatic carbocycles. The van der Waals surface area contributed by atoms with Gasteiger partial charge in [-0.1, -0.05) is 13.3 Å². The Bertz CT molecular complexity index is 508. The van der Waals surface area contributed by atoms with Gasteiger partial charge in [-0.3, -0.25) is 4.79 Å². The number of anilines is 1. The van der Waals surface area contributed by atoms with Crippen LogP contribution in [0.1, 0.15) is 55.8 Å². The molecule has 0 atom stereocenters. The highest BCUT2D eigenvalue weighted by atomic mass is 16.5. The lowest BCUT2D eigenvalue weighted by Gasteiger charge is -2.31. The highest BCUT2D eigenvalue weighted by Gasteiger charge is 2.20. The number of ether oxygens (including phenoxy) is 1. The van der Waals surface area contributed by atoms with E-state index in [0.717, 1.165) is 6.42 Å². The number of hydrogen-bond acceptors (Lipinski definition) is 4. The van der Waals surface area contributed by atoms with Gasteiger partial charge in [-0.15, -0.1) is 0 Å². The van der Waals surface area contributed by atoms with Crippen LogP contribution in [0.5, 0.6) is 5.75 Å². The zero-order chi connectivity index (χ0) is 16.7. The van der Waals surface area contributed by atoms with Gasteiger partial charge in [-0.25, -0.2) is 0 Å². The van der Waals surface area contributed by atoms with E-state index in [9.17, 15) is 4.79 Å². The van der Waals surface area contributed by atoms with Crippen LogP contribution in [0, 0.1) is 5.92 Å². The van der Waals surface area contributed by atoms with Crippen LogP contribution in [0.25, 0.3) is 0 Å². The van der Waals surface area contributed by atoms with Gasteiger partial charge in [-0.05, 0) is 63.4 Å². The van der Waals surface area contributed by atoms with Crippen LogP contribution in [0.4, 0.5) is 5.69 Å². The third kappa shape index (κ3) is 5.24. The van der Waals surface area contributed by atoms with Crippen LogP contribution in [-0.2, 0) is 0 Å². The monoisotopic (exact) mass is 318 g/mol. The van der Waals surface area contributed by atoms with Gasteiger partial charge >= 0.3 is 0 Å². The Morgan fingerprint density at radius 3 is 2.74 bits per heavy atom. The summed E-state index contributed by atoms with van der Waals surface area (Å²) in [6.45, 7) is 5.84. The van der Waals surface area contributed by atoms with E-state index in [1.54, 1.807) is 25.3 Å². The third-order valence-electron chi connectivity index (χ3n) is 4.84. The van der Waals surface area contributed by atoms with E-state index in [2.05, 4.69) is 11.8 Å². The molecule has 0 saturated carbocycles. The van der Waals surface area contributed by atoms with Crippen molar-refractivity contribution in [3.63, 3.8) is 0 Å². The fourth-order valence-corrected chi connectivity index (χ4v) is 3.29. The number of Topliss-reactive ketones (excluding diaryl/α,β-unsaturated/α-hetero) is 1. The number of nitrogens with two attached hydrogens (primary N) is 1. The fourth-order valence-electron chi connectivity index (χ4n) is 3.29. The minimum atomic E-state index is 0.162. The summed E-state index contributed by atoms with van der Waals surface area (Å²) in [7, 11) is 1.58. The molecule has 2 N–H and O–H groups in total. The van der Waals surface area contributed by atoms with Gasteiger partial charge in [0, 0.05) is 18.2 Å². The molecule has 0 radical (unpaired) electrons. The van der Waals surface area contributed by atoms with Crippen molar-refractivity contribution in [3.8, 4) is 5.75 Å². The van der Waals surface area contributed by atoms with Gasteiger partial charge in [0.2, 0.25) is 0 Å². The van der Waals surface area contributed by atoms with E-state index in [-0.39, 0.29) is 5.78 Å². The Hall–Kier alpha value is -1.55. The quantitative estimate of drug-likeness (QED) is 0.586. The van der Waals surface area contributed by atoms with Gasteiger partial charge in [0.15, 0.2) is 5.78 Å². The normalized spacial score (nSPS) is 16.4. The maximum atomic E-state index is 12.5. The summed E-state index contributed by atoms with van der Waals surface area (Å²) in [5.74, 6) is 1.43. The first-order valence-electron chi connectivity index (χ1n) is 8.83. The Balaban J connectivity index is 1.79. The molecule has 1 aliphatic rings. The van der Waals surface area contributed by atoms with Gasteiger partial charge < -0.3 is 15.4 Å². The maximum Gasteiger partial charge on any atom is 0.166 e. The van der Waals surface area contributed by atoms with Crippen molar-refractivity contribution in [2.45, 2.75) is 45.4 Å². The lowest BCUT2D eigenvalue weighted by atomic mass is 9.90. The van der Waals surface area contributed by atoms with Crippen LogP contribution in [0.15, 0.2) is 18.2 Å². The molecule has 1 fully saturated rings. The third-order valence-corrected chi connectivity index (χ3v) is 4.84. The Morgan fingerprint density at radius 1 is 1.35 bits per heavy atom. The highest BCUT2D eigenvalue weighted by molar-refractivity contribution is 5.99. The number of carbonyl (C=O) groups is 1. The van der Waals surface area contributed by atoms with Gasteiger partial charge in [-0.2, -0.15) is 0 Å². The summed E-state index contributed by atoms with van der Waals surface area (Å²) in [5.41, 5.74) is 7.02. The van der Waals surface area contributed by atoms with Crippen molar-refractivity contribution in [2.75, 3.05) is 32.5 Å². The molecule has 2 rings (SSSR count). The molecule has 0 unspecified atom stereocenters. The molecule has 1 aromatic carbocycles. The predicted molar refractivity (Wildman–Crippen MR) is 95.0 cm³/mol. The number of piperidine rings is 1. The molecule has 4 heteroatoms. The Labute approximate surface area is 140 Å². The largest absolute Gasteiger partial charge is 0.496 e. The lowest BCUT2D eigenvalue weighted by Crippen LogP contribution is -2.34. The molecule has 128 valence electrons. The minimum Gasteiger partial charge on any atom is -0.496 e. The average molecular weight is 318 g/mol. The predicted octanol–water partition coefficient (Wildman–Crippen LogP) is 3.75. The maximum absolute atomic E-state index is 12.5. The molecule has 0 amide bonds. The van der Waals surface area contributed by atoms with E-state index >= 15 is 0 Å². The lowest BCUT2D eigenvalue weighted by molar-refractivity contribution is 0.0959. The molecule has 0 aromatic heterocycles. The number of ketones is 1. The van der Waals surface area contributed by atoms with E-state index in [1.165, 1.54) is 45.3 Å². The summed E-state index contributed by atoms with van der Waals surface area (Å²) in [4.78, 5) is 15.0. The SMILES string of the molecule is CCCCN1CCC(CCC(=O)c2ccc(N)cc2OC)CC1. The number of carbonyl (C=O) groups excluding carboxylic acids is 1. The van der Waals surface area contributed by atoms with Crippen molar-refractivity contribution in [3.05, 3.63) is 23.8 Å². The second kappa shape index (κ2) is 8.92. The van der Waals surface area contributed by atoms with Crippen molar-refractivity contribution in [1.82, 2.24) is 4.90 Å². The standard InChI is InChI=1S/C19H30N2O2/c1-3-4-11-21-12-9-15(10-13-21)5-8-18(22)17-7-6-16(20)14-19(17)23-2/h6-7,14-15H,3-5,8-13,20H2,1-2H3. The first-order chi connectivity index (χ1) is 11.1. The molecule has 1 aromatic rings. The number of likely N-dealkylation sites (tertiary alicyclic amines) is 1. The summed E-state index contributed by atoms with van der Waals surface area (Å²) < 4.78 is 5.28.